The van der Waals surface area contributed by atoms with Gasteiger partial charge in [0.2, 0.25) is 0 Å². The van der Waals surface area contributed by atoms with Crippen LogP contribution >= 0.6 is 0 Å². The van der Waals surface area contributed by atoms with E-state index in [2.05, 4.69) is 45.1 Å². The smallest absolute Gasteiger partial charge is 0.255 e. The molecule has 0 radical (unpaired) electrons. The number of hydrogen-bond acceptors (Lipinski definition) is 3. The van der Waals surface area contributed by atoms with Crippen molar-refractivity contribution in [3.8, 4) is 11.5 Å². The second kappa shape index (κ2) is 9.69. The predicted molar refractivity (Wildman–Crippen MR) is 126 cm³/mol. The summed E-state index contributed by atoms with van der Waals surface area (Å²) in [5, 5.41) is 2.95. The van der Waals surface area contributed by atoms with Gasteiger partial charge in [0.05, 0.1) is 7.11 Å². The van der Waals surface area contributed by atoms with Crippen LogP contribution in [0.5, 0.6) is 11.5 Å². The summed E-state index contributed by atoms with van der Waals surface area (Å²) in [4.78, 5) is 12.7. The summed E-state index contributed by atoms with van der Waals surface area (Å²) in [6.07, 6.45) is 0.967. The maximum atomic E-state index is 12.7. The zero-order chi connectivity index (χ0) is 22.4. The average Bonchev–Trinajstić information content (AvgIpc) is 2.77. The number of anilines is 1. The van der Waals surface area contributed by atoms with E-state index in [1.54, 1.807) is 19.2 Å². The molecule has 0 saturated heterocycles. The molecule has 0 aliphatic carbocycles. The Morgan fingerprint density at radius 3 is 2.19 bits per heavy atom. The van der Waals surface area contributed by atoms with Crippen molar-refractivity contribution in [1.82, 2.24) is 0 Å². The zero-order valence-corrected chi connectivity index (χ0v) is 19.0. The van der Waals surface area contributed by atoms with Crippen molar-refractivity contribution < 1.29 is 14.3 Å². The highest BCUT2D eigenvalue weighted by Gasteiger charge is 2.14. The molecule has 4 nitrogen and oxygen atoms in total. The van der Waals surface area contributed by atoms with Crippen LogP contribution < -0.4 is 14.8 Å². The van der Waals surface area contributed by atoms with Crippen LogP contribution in [-0.2, 0) is 18.4 Å². The summed E-state index contributed by atoms with van der Waals surface area (Å²) in [5.74, 6) is 1.30. The van der Waals surface area contributed by atoms with E-state index in [0.717, 1.165) is 23.4 Å². The Kier molecular flexibility index (Phi) is 7.01. The molecule has 3 rings (SSSR count). The number of benzene rings is 3. The highest BCUT2D eigenvalue weighted by Crippen LogP contribution is 2.26. The highest BCUT2D eigenvalue weighted by atomic mass is 16.5. The van der Waals surface area contributed by atoms with Crippen LogP contribution in [0.1, 0.15) is 54.7 Å². The number of carbonyl (C=O) groups excluding carboxylic acids is 1. The van der Waals surface area contributed by atoms with Crippen LogP contribution in [0.2, 0.25) is 0 Å². The fourth-order valence-corrected chi connectivity index (χ4v) is 3.27. The molecule has 1 N–H and O–H groups in total. The molecule has 4 heteroatoms. The molecule has 0 aliphatic heterocycles. The fraction of sp³-hybridized carbons (Fsp3) is 0.296. The van der Waals surface area contributed by atoms with E-state index < -0.39 is 0 Å². The average molecular weight is 418 g/mol. The van der Waals surface area contributed by atoms with Gasteiger partial charge in [-0.3, -0.25) is 4.79 Å². The minimum Gasteiger partial charge on any atom is -0.496 e. The van der Waals surface area contributed by atoms with Crippen LogP contribution in [0, 0.1) is 0 Å². The van der Waals surface area contributed by atoms with Gasteiger partial charge in [0, 0.05) is 16.8 Å². The van der Waals surface area contributed by atoms with Gasteiger partial charge in [-0.2, -0.15) is 0 Å². The summed E-state index contributed by atoms with van der Waals surface area (Å²) in [5.41, 5.74) is 4.73. The fourth-order valence-electron chi connectivity index (χ4n) is 3.27. The monoisotopic (exact) mass is 417 g/mol. The summed E-state index contributed by atoms with van der Waals surface area (Å²) < 4.78 is 11.4. The molecule has 0 aromatic heterocycles. The number of rotatable bonds is 7. The second-order valence-electron chi connectivity index (χ2n) is 8.59. The first-order valence-corrected chi connectivity index (χ1v) is 10.6. The normalized spacial score (nSPS) is 11.1. The molecule has 31 heavy (non-hydrogen) atoms. The molecule has 1 amide bonds. The van der Waals surface area contributed by atoms with E-state index in [4.69, 9.17) is 9.47 Å². The van der Waals surface area contributed by atoms with E-state index in [-0.39, 0.29) is 11.3 Å². The van der Waals surface area contributed by atoms with E-state index in [9.17, 15) is 4.79 Å². The molecule has 0 fully saturated rings. The number of aryl methyl sites for hydroxylation is 1. The van der Waals surface area contributed by atoms with Crippen LogP contribution in [-0.4, -0.2) is 13.0 Å². The SMILES string of the molecule is CCc1ccc(NC(=O)c2ccc(OC)c(COc3ccc(C(C)(C)C)cc3)c2)cc1. The lowest BCUT2D eigenvalue weighted by atomic mass is 9.87. The number of carbonyl (C=O) groups is 1. The van der Waals surface area contributed by atoms with Crippen molar-refractivity contribution >= 4 is 11.6 Å². The first-order valence-electron chi connectivity index (χ1n) is 10.6. The molecule has 0 unspecified atom stereocenters. The van der Waals surface area contributed by atoms with Gasteiger partial charge in [0.25, 0.3) is 5.91 Å². The summed E-state index contributed by atoms with van der Waals surface area (Å²) in [6.45, 7) is 8.96. The lowest BCUT2D eigenvalue weighted by molar-refractivity contribution is 0.102. The lowest BCUT2D eigenvalue weighted by Crippen LogP contribution is -2.13. The molecule has 3 aromatic carbocycles. The number of amides is 1. The maximum Gasteiger partial charge on any atom is 0.255 e. The standard InChI is InChI=1S/C27H31NO3/c1-6-19-7-12-23(13-8-19)28-26(29)20-9-16-25(30-5)21(17-20)18-31-24-14-10-22(11-15-24)27(2,3)4/h7-17H,6,18H2,1-5H3,(H,28,29). The van der Waals surface area contributed by atoms with Crippen LogP contribution in [0.3, 0.4) is 0 Å². The van der Waals surface area contributed by atoms with Crippen molar-refractivity contribution in [3.05, 3.63) is 89.0 Å². The van der Waals surface area contributed by atoms with Crippen LogP contribution in [0.25, 0.3) is 0 Å². The van der Waals surface area contributed by atoms with Gasteiger partial charge in [0.1, 0.15) is 18.1 Å². The number of hydrogen-bond donors (Lipinski definition) is 1. The van der Waals surface area contributed by atoms with Gasteiger partial charge in [-0.1, -0.05) is 52.0 Å². The van der Waals surface area contributed by atoms with Gasteiger partial charge in [-0.25, -0.2) is 0 Å². The Hall–Kier alpha value is -3.27. The quantitative estimate of drug-likeness (QED) is 0.485. The molecule has 0 saturated carbocycles. The molecule has 0 spiro atoms. The van der Waals surface area contributed by atoms with Gasteiger partial charge in [0.15, 0.2) is 0 Å². The summed E-state index contributed by atoms with van der Waals surface area (Å²) in [7, 11) is 1.62. The number of methoxy groups -OCH3 is 1. The van der Waals surface area contributed by atoms with Gasteiger partial charge >= 0.3 is 0 Å². The molecule has 0 aliphatic rings. The van der Waals surface area contributed by atoms with E-state index >= 15 is 0 Å². The third kappa shape index (κ3) is 5.88. The predicted octanol–water partition coefficient (Wildman–Crippen LogP) is 6.39. The molecule has 0 heterocycles. The van der Waals surface area contributed by atoms with Crippen molar-refractivity contribution in [2.24, 2.45) is 0 Å². The second-order valence-corrected chi connectivity index (χ2v) is 8.59. The minimum absolute atomic E-state index is 0.0975. The van der Waals surface area contributed by atoms with Gasteiger partial charge in [-0.15, -0.1) is 0 Å². The Morgan fingerprint density at radius 2 is 1.61 bits per heavy atom. The molecular formula is C27H31NO3. The van der Waals surface area contributed by atoms with Gasteiger partial charge in [-0.05, 0) is 65.4 Å². The largest absolute Gasteiger partial charge is 0.496 e. The number of nitrogens with one attached hydrogen (secondary N) is 1. The Balaban J connectivity index is 1.71. The number of ether oxygens (including phenoxy) is 2. The Morgan fingerprint density at radius 1 is 0.935 bits per heavy atom. The first kappa shape index (κ1) is 22.4. The van der Waals surface area contributed by atoms with E-state index in [0.29, 0.717) is 17.9 Å². The third-order valence-electron chi connectivity index (χ3n) is 5.28. The summed E-state index contributed by atoms with van der Waals surface area (Å²) in [6, 6.07) is 21.4. The third-order valence-corrected chi connectivity index (χ3v) is 5.28. The first-order chi connectivity index (χ1) is 14.8. The van der Waals surface area contributed by atoms with Crippen molar-refractivity contribution in [1.29, 1.82) is 0 Å². The van der Waals surface area contributed by atoms with E-state index in [1.165, 1.54) is 11.1 Å². The zero-order valence-electron chi connectivity index (χ0n) is 19.0. The van der Waals surface area contributed by atoms with E-state index in [1.807, 2.05) is 42.5 Å². The minimum atomic E-state index is -0.164. The molecule has 3 aromatic rings. The Bertz CT molecular complexity index is 1020. The van der Waals surface area contributed by atoms with Crippen molar-refractivity contribution in [2.45, 2.75) is 46.1 Å². The van der Waals surface area contributed by atoms with Crippen molar-refractivity contribution in [3.63, 3.8) is 0 Å². The topological polar surface area (TPSA) is 47.6 Å². The summed E-state index contributed by atoms with van der Waals surface area (Å²) >= 11 is 0. The molecule has 0 atom stereocenters. The van der Waals surface area contributed by atoms with Crippen molar-refractivity contribution in [2.75, 3.05) is 12.4 Å². The highest BCUT2D eigenvalue weighted by molar-refractivity contribution is 6.04. The Labute approximate surface area is 185 Å². The lowest BCUT2D eigenvalue weighted by Gasteiger charge is -2.19. The van der Waals surface area contributed by atoms with Crippen LogP contribution in [0.15, 0.2) is 66.7 Å². The maximum absolute atomic E-state index is 12.7. The van der Waals surface area contributed by atoms with Gasteiger partial charge < -0.3 is 14.8 Å². The molecular weight excluding hydrogens is 386 g/mol. The van der Waals surface area contributed by atoms with Crippen LogP contribution in [0.4, 0.5) is 5.69 Å². The molecule has 0 bridgehead atoms. The molecule has 162 valence electrons.